The summed E-state index contributed by atoms with van der Waals surface area (Å²) in [5.41, 5.74) is 3.67. The Morgan fingerprint density at radius 1 is 0.870 bits per heavy atom. The van der Waals surface area contributed by atoms with E-state index in [-0.39, 0.29) is 12.4 Å². The lowest BCUT2D eigenvalue weighted by atomic mass is 10.1. The molecule has 0 aliphatic carbocycles. The van der Waals surface area contributed by atoms with Crippen LogP contribution in [0.5, 0.6) is 11.5 Å². The van der Waals surface area contributed by atoms with Crippen molar-refractivity contribution >= 4 is 34.7 Å². The maximum absolute atomic E-state index is 5.42. The molecule has 3 aromatic rings. The van der Waals surface area contributed by atoms with Gasteiger partial charge in [0.2, 0.25) is 0 Å². The van der Waals surface area contributed by atoms with E-state index in [2.05, 4.69) is 10.3 Å². The van der Waals surface area contributed by atoms with Crippen molar-refractivity contribution in [2.24, 2.45) is 0 Å². The lowest BCUT2D eigenvalue weighted by Crippen LogP contribution is -1.98. The number of anilines is 2. The molecule has 0 spiro atoms. The lowest BCUT2D eigenvalue weighted by Gasteiger charge is -2.14. The third kappa shape index (κ3) is 3.32. The Hall–Kier alpha value is -2.46. The van der Waals surface area contributed by atoms with Crippen LogP contribution < -0.4 is 14.8 Å². The smallest absolute Gasteiger partial charge is 0.145 e. The van der Waals surface area contributed by atoms with Crippen LogP contribution in [0.15, 0.2) is 48.5 Å². The molecule has 23 heavy (non-hydrogen) atoms. The fourth-order valence-corrected chi connectivity index (χ4v) is 2.51. The highest BCUT2D eigenvalue weighted by Crippen LogP contribution is 2.34. The van der Waals surface area contributed by atoms with Crippen molar-refractivity contribution < 1.29 is 9.47 Å². The molecule has 0 atom stereocenters. The maximum atomic E-state index is 5.42. The van der Waals surface area contributed by atoms with E-state index < -0.39 is 0 Å². The zero-order valence-corrected chi connectivity index (χ0v) is 14.1. The molecule has 0 unspecified atom stereocenters. The minimum atomic E-state index is 0. The van der Waals surface area contributed by atoms with Crippen LogP contribution in [0.4, 0.5) is 11.4 Å². The molecule has 0 bridgehead atoms. The summed E-state index contributed by atoms with van der Waals surface area (Å²) >= 11 is 0. The summed E-state index contributed by atoms with van der Waals surface area (Å²) in [4.78, 5) is 4.60. The number of fused-ring (bicyclic) bond motifs is 1. The number of para-hydroxylation sites is 3. The third-order valence-corrected chi connectivity index (χ3v) is 3.53. The second-order valence-corrected chi connectivity index (χ2v) is 4.99. The van der Waals surface area contributed by atoms with E-state index in [0.29, 0.717) is 0 Å². The van der Waals surface area contributed by atoms with Gasteiger partial charge in [0, 0.05) is 16.8 Å². The van der Waals surface area contributed by atoms with Gasteiger partial charge in [0.05, 0.1) is 19.9 Å². The average Bonchev–Trinajstić information content (AvgIpc) is 2.54. The first kappa shape index (κ1) is 16.9. The topological polar surface area (TPSA) is 43.4 Å². The Kier molecular flexibility index (Phi) is 5.29. The van der Waals surface area contributed by atoms with E-state index in [0.717, 1.165) is 39.5 Å². The summed E-state index contributed by atoms with van der Waals surface area (Å²) in [6.45, 7) is 1.97. The van der Waals surface area contributed by atoms with Gasteiger partial charge < -0.3 is 14.8 Å². The zero-order valence-electron chi connectivity index (χ0n) is 13.3. The van der Waals surface area contributed by atoms with Crippen molar-refractivity contribution in [1.29, 1.82) is 0 Å². The summed E-state index contributed by atoms with van der Waals surface area (Å²) in [5.74, 6) is 1.57. The number of benzene rings is 2. The summed E-state index contributed by atoms with van der Waals surface area (Å²) in [7, 11) is 3.32. The highest BCUT2D eigenvalue weighted by Gasteiger charge is 2.10. The Morgan fingerprint density at radius 3 is 2.30 bits per heavy atom. The van der Waals surface area contributed by atoms with Crippen LogP contribution in [0.1, 0.15) is 5.69 Å². The van der Waals surface area contributed by atoms with E-state index in [1.165, 1.54) is 0 Å². The quantitative estimate of drug-likeness (QED) is 0.751. The molecular formula is C18H19ClN2O2. The highest BCUT2D eigenvalue weighted by molar-refractivity contribution is 5.96. The summed E-state index contributed by atoms with van der Waals surface area (Å²) in [5, 5.41) is 4.45. The Labute approximate surface area is 141 Å². The van der Waals surface area contributed by atoms with Crippen molar-refractivity contribution in [2.45, 2.75) is 6.92 Å². The number of aryl methyl sites for hydroxylation is 1. The first-order chi connectivity index (χ1) is 10.7. The van der Waals surface area contributed by atoms with Crippen molar-refractivity contribution in [3.05, 3.63) is 54.2 Å². The van der Waals surface area contributed by atoms with E-state index in [4.69, 9.17) is 9.47 Å². The molecule has 5 heteroatoms. The molecule has 1 heterocycles. The number of hydrogen-bond acceptors (Lipinski definition) is 4. The molecule has 1 aromatic heterocycles. The molecule has 0 aliphatic rings. The van der Waals surface area contributed by atoms with Gasteiger partial charge in [-0.05, 0) is 31.2 Å². The van der Waals surface area contributed by atoms with Crippen molar-refractivity contribution in [3.8, 4) is 11.5 Å². The molecule has 0 saturated carbocycles. The molecule has 0 amide bonds. The minimum absolute atomic E-state index is 0. The minimum Gasteiger partial charge on any atom is -0.495 e. The summed E-state index contributed by atoms with van der Waals surface area (Å²) in [6, 6.07) is 15.8. The van der Waals surface area contributed by atoms with Gasteiger partial charge in [-0.1, -0.05) is 24.3 Å². The van der Waals surface area contributed by atoms with Crippen LogP contribution in [0.3, 0.4) is 0 Å². The van der Waals surface area contributed by atoms with E-state index in [1.54, 1.807) is 14.2 Å². The number of hydrogen-bond donors (Lipinski definition) is 1. The molecule has 0 saturated heterocycles. The van der Waals surface area contributed by atoms with Gasteiger partial charge in [0.15, 0.2) is 0 Å². The molecule has 4 nitrogen and oxygen atoms in total. The van der Waals surface area contributed by atoms with Gasteiger partial charge >= 0.3 is 0 Å². The number of aromatic nitrogens is 1. The summed E-state index contributed by atoms with van der Waals surface area (Å²) < 4.78 is 10.8. The predicted molar refractivity (Wildman–Crippen MR) is 96.6 cm³/mol. The molecule has 0 radical (unpaired) electrons. The number of methoxy groups -OCH3 is 2. The average molecular weight is 331 g/mol. The Morgan fingerprint density at radius 2 is 1.57 bits per heavy atom. The second-order valence-electron chi connectivity index (χ2n) is 4.99. The van der Waals surface area contributed by atoms with Gasteiger partial charge in [-0.2, -0.15) is 0 Å². The molecule has 0 fully saturated rings. The van der Waals surface area contributed by atoms with Gasteiger partial charge in [-0.25, -0.2) is 4.98 Å². The van der Waals surface area contributed by atoms with Crippen LogP contribution in [-0.2, 0) is 0 Å². The third-order valence-electron chi connectivity index (χ3n) is 3.53. The monoisotopic (exact) mass is 330 g/mol. The molecule has 1 N–H and O–H groups in total. The van der Waals surface area contributed by atoms with Crippen LogP contribution in [0, 0.1) is 6.92 Å². The number of ether oxygens (including phenoxy) is 2. The first-order valence-corrected chi connectivity index (χ1v) is 7.07. The number of halogens is 1. The lowest BCUT2D eigenvalue weighted by molar-refractivity contribution is 0.417. The van der Waals surface area contributed by atoms with Crippen LogP contribution in [-0.4, -0.2) is 19.2 Å². The first-order valence-electron chi connectivity index (χ1n) is 7.07. The van der Waals surface area contributed by atoms with Crippen LogP contribution in [0.25, 0.3) is 10.9 Å². The Bertz CT molecular complexity index is 821. The molecule has 120 valence electrons. The second kappa shape index (κ2) is 7.20. The van der Waals surface area contributed by atoms with Crippen molar-refractivity contribution in [2.75, 3.05) is 19.5 Å². The van der Waals surface area contributed by atoms with Gasteiger partial charge in [0.1, 0.15) is 17.0 Å². The number of nitrogens with zero attached hydrogens (tertiary/aromatic N) is 1. The largest absolute Gasteiger partial charge is 0.495 e. The Balaban J connectivity index is 0.00000192. The van der Waals surface area contributed by atoms with Gasteiger partial charge in [0.25, 0.3) is 0 Å². The van der Waals surface area contributed by atoms with E-state index in [1.807, 2.05) is 55.5 Å². The summed E-state index contributed by atoms with van der Waals surface area (Å²) in [6.07, 6.45) is 0. The van der Waals surface area contributed by atoms with Crippen LogP contribution in [0.2, 0.25) is 0 Å². The van der Waals surface area contributed by atoms with Crippen LogP contribution >= 0.6 is 12.4 Å². The normalized spacial score (nSPS) is 10.0. The van der Waals surface area contributed by atoms with Crippen molar-refractivity contribution in [1.82, 2.24) is 4.98 Å². The molecular weight excluding hydrogens is 312 g/mol. The predicted octanol–water partition coefficient (Wildman–Crippen LogP) is 4.73. The van der Waals surface area contributed by atoms with E-state index >= 15 is 0 Å². The molecule has 2 aromatic carbocycles. The number of nitrogens with one attached hydrogen (secondary N) is 1. The molecule has 0 aliphatic heterocycles. The SMILES string of the molecule is COc1ccccc1Nc1cc(C)nc2c(OC)cccc12.Cl. The maximum Gasteiger partial charge on any atom is 0.145 e. The van der Waals surface area contributed by atoms with E-state index in [9.17, 15) is 0 Å². The fourth-order valence-electron chi connectivity index (χ4n) is 2.51. The zero-order chi connectivity index (χ0) is 15.5. The highest BCUT2D eigenvalue weighted by atomic mass is 35.5. The van der Waals surface area contributed by atoms with Gasteiger partial charge in [-0.15, -0.1) is 12.4 Å². The number of pyridine rings is 1. The number of rotatable bonds is 4. The fraction of sp³-hybridized carbons (Fsp3) is 0.167. The van der Waals surface area contributed by atoms with Crippen molar-refractivity contribution in [3.63, 3.8) is 0 Å². The van der Waals surface area contributed by atoms with Gasteiger partial charge in [-0.3, -0.25) is 0 Å². The molecule has 3 rings (SSSR count). The standard InChI is InChI=1S/C18H18N2O2.ClH/c1-12-11-15(20-14-8-4-5-9-16(14)21-2)13-7-6-10-17(22-3)18(13)19-12;/h4-11H,1-3H3,(H,19,20);1H.